The Morgan fingerprint density at radius 1 is 0.969 bits per heavy atom. The van der Waals surface area contributed by atoms with Gasteiger partial charge in [-0.15, -0.1) is 0 Å². The predicted molar refractivity (Wildman–Crippen MR) is 252 cm³/mol. The van der Waals surface area contributed by atoms with Gasteiger partial charge in [0.05, 0.1) is 26.6 Å². The number of sulfonamides is 1. The van der Waals surface area contributed by atoms with Crippen LogP contribution in [0.3, 0.4) is 0 Å². The molecule has 3 aromatic carbocycles. The first-order valence-corrected chi connectivity index (χ1v) is 23.8. The molecule has 0 atom stereocenters. The Morgan fingerprint density at radius 2 is 1.72 bits per heavy atom. The van der Waals surface area contributed by atoms with Crippen LogP contribution in [-0.4, -0.2) is 114 Å². The summed E-state index contributed by atoms with van der Waals surface area (Å²) in [6, 6.07) is 20.4. The number of allylic oxidation sites excluding steroid dienone is 1. The van der Waals surface area contributed by atoms with Gasteiger partial charge in [-0.2, -0.15) is 0 Å². The molecule has 9 rings (SSSR count). The van der Waals surface area contributed by atoms with Gasteiger partial charge in [0.25, 0.3) is 21.6 Å². The Bertz CT molecular complexity index is 2940. The number of fused-ring (bicyclic) bond motifs is 2. The van der Waals surface area contributed by atoms with E-state index < -0.39 is 37.1 Å². The van der Waals surface area contributed by atoms with Gasteiger partial charge in [0.1, 0.15) is 16.9 Å². The number of amides is 1. The number of anilines is 2. The van der Waals surface area contributed by atoms with Gasteiger partial charge >= 0.3 is 0 Å². The molecule has 0 unspecified atom stereocenters. The fourth-order valence-electron chi connectivity index (χ4n) is 9.27. The molecule has 15 nitrogen and oxygen atoms in total. The first kappa shape index (κ1) is 44.3. The normalized spacial score (nSPS) is 18.3. The second-order valence-corrected chi connectivity index (χ2v) is 20.6. The van der Waals surface area contributed by atoms with Crippen LogP contribution in [-0.2, 0) is 10.0 Å². The highest BCUT2D eigenvalue weighted by Crippen LogP contribution is 2.43. The molecule has 3 N–H and O–H groups in total. The van der Waals surface area contributed by atoms with E-state index >= 15 is 4.39 Å². The summed E-state index contributed by atoms with van der Waals surface area (Å²) in [5, 5.41) is 19.7. The van der Waals surface area contributed by atoms with Crippen LogP contribution >= 0.6 is 11.6 Å². The van der Waals surface area contributed by atoms with Crippen molar-refractivity contribution in [3.63, 3.8) is 0 Å². The highest BCUT2D eigenvalue weighted by molar-refractivity contribution is 7.90. The van der Waals surface area contributed by atoms with Gasteiger partial charge in [-0.3, -0.25) is 29.6 Å². The second-order valence-electron chi connectivity index (χ2n) is 18.4. The van der Waals surface area contributed by atoms with Crippen LogP contribution in [0, 0.1) is 15.5 Å². The van der Waals surface area contributed by atoms with Gasteiger partial charge in [0.2, 0.25) is 0 Å². The van der Waals surface area contributed by atoms with Crippen LogP contribution in [0.4, 0.5) is 21.5 Å². The lowest BCUT2D eigenvalue weighted by Gasteiger charge is -2.39. The topological polar surface area (TPSA) is 175 Å². The van der Waals surface area contributed by atoms with E-state index in [0.29, 0.717) is 35.5 Å². The fourth-order valence-corrected chi connectivity index (χ4v) is 10.4. The number of halogens is 2. The highest BCUT2D eigenvalue weighted by atomic mass is 35.5. The number of benzene rings is 3. The third-order valence-corrected chi connectivity index (χ3v) is 14.8. The lowest BCUT2D eigenvalue weighted by molar-refractivity contribution is -0.384. The van der Waals surface area contributed by atoms with Crippen molar-refractivity contribution < 1.29 is 22.5 Å². The molecule has 0 saturated carbocycles. The molecule has 2 saturated heterocycles. The van der Waals surface area contributed by atoms with Crippen LogP contribution in [0.5, 0.6) is 0 Å². The summed E-state index contributed by atoms with van der Waals surface area (Å²) in [5.41, 5.74) is 5.19. The largest absolute Gasteiger partial charge is 0.376 e. The zero-order chi connectivity index (χ0) is 45.7. The maximum absolute atomic E-state index is 15.5. The number of rotatable bonds is 12. The van der Waals surface area contributed by atoms with Gasteiger partial charge < -0.3 is 15.1 Å². The van der Waals surface area contributed by atoms with Crippen molar-refractivity contribution in [2.75, 3.05) is 69.6 Å². The van der Waals surface area contributed by atoms with Gasteiger partial charge in [-0.05, 0) is 110 Å². The Hall–Kier alpha value is -5.88. The molecule has 1 aliphatic carbocycles. The van der Waals surface area contributed by atoms with E-state index in [-0.39, 0.29) is 36.1 Å². The monoisotopic (exact) mass is 922 g/mol. The van der Waals surface area contributed by atoms with Crippen molar-refractivity contribution in [2.24, 2.45) is 5.41 Å². The standard InChI is InChI=1S/C47H52ClFN10O5S/c1-46(2)14-12-33(38(27-46)31-4-6-34(48)7-5-31)29-56-20-22-57(23-21-56)35-8-10-37(41(25-35)58-42-24-32-13-17-50-44(32)53-40(42)28-52-58)45(60)54-65(63,64)36-9-11-39(43(26-36)59(61)62)51-30-47(49)15-18-55(3)19-16-47/h4-11,13,17,24-26,28,51-52H,12,14-16,18-23,27,29-30H2,1-3H3,(H,54,60). The number of alkyl halides is 1. The molecule has 65 heavy (non-hydrogen) atoms. The second kappa shape index (κ2) is 17.5. The van der Waals surface area contributed by atoms with Gasteiger partial charge in [0.15, 0.2) is 5.65 Å². The van der Waals surface area contributed by atoms with E-state index in [4.69, 9.17) is 11.6 Å². The van der Waals surface area contributed by atoms with E-state index in [2.05, 4.69) is 60.9 Å². The minimum atomic E-state index is -4.64. The quantitative estimate of drug-likeness (QED) is 0.0797. The molecule has 6 aromatic rings. The van der Waals surface area contributed by atoms with Crippen LogP contribution in [0.2, 0.25) is 5.02 Å². The van der Waals surface area contributed by atoms with Crippen molar-refractivity contribution in [3.05, 3.63) is 117 Å². The van der Waals surface area contributed by atoms with Crippen LogP contribution < -0.4 is 14.9 Å². The molecular weight excluding hydrogens is 871 g/mol. The van der Waals surface area contributed by atoms with Crippen LogP contribution in [0.15, 0.2) is 95.7 Å². The number of hydrogen-bond donors (Lipinski definition) is 3. The summed E-state index contributed by atoms with van der Waals surface area (Å²) in [4.78, 5) is 40.9. The van der Waals surface area contributed by atoms with E-state index in [1.165, 1.54) is 22.8 Å². The van der Waals surface area contributed by atoms with Gasteiger partial charge in [-0.25, -0.2) is 27.5 Å². The van der Waals surface area contributed by atoms with Crippen molar-refractivity contribution >= 4 is 72.2 Å². The first-order chi connectivity index (χ1) is 31.0. The molecule has 0 bridgehead atoms. The minimum absolute atomic E-state index is 0.0227. The summed E-state index contributed by atoms with van der Waals surface area (Å²) >= 11 is 6.26. The number of nitrogens with one attached hydrogen (secondary N) is 3. The minimum Gasteiger partial charge on any atom is -0.376 e. The van der Waals surface area contributed by atoms with Crippen molar-refractivity contribution in [1.29, 1.82) is 0 Å². The number of nitro benzene ring substituents is 1. The van der Waals surface area contributed by atoms with E-state index in [9.17, 15) is 23.3 Å². The summed E-state index contributed by atoms with van der Waals surface area (Å²) in [6.45, 7) is 9.54. The molecule has 18 heteroatoms. The molecule has 0 radical (unpaired) electrons. The Kier molecular flexibility index (Phi) is 11.9. The van der Waals surface area contributed by atoms with Crippen molar-refractivity contribution in [2.45, 2.75) is 56.5 Å². The van der Waals surface area contributed by atoms with Gasteiger partial charge in [0, 0.05) is 86.9 Å². The maximum Gasteiger partial charge on any atom is 0.293 e. The number of carbonyl (C=O) groups is 1. The van der Waals surface area contributed by atoms with Crippen LogP contribution in [0.25, 0.3) is 33.3 Å². The summed E-state index contributed by atoms with van der Waals surface area (Å²) in [6.07, 6.45) is 7.05. The molecule has 2 fully saturated rings. The smallest absolute Gasteiger partial charge is 0.293 e. The first-order valence-electron chi connectivity index (χ1n) is 21.9. The van der Waals surface area contributed by atoms with E-state index in [1.54, 1.807) is 23.1 Å². The molecule has 5 heterocycles. The fraction of sp³-hybridized carbons (Fsp3) is 0.383. The van der Waals surface area contributed by atoms with E-state index in [1.807, 2.05) is 48.3 Å². The third-order valence-electron chi connectivity index (χ3n) is 13.2. The number of aromatic amines is 1. The number of nitrogens with zero attached hydrogens (tertiary/aromatic N) is 7. The third kappa shape index (κ3) is 9.46. The predicted octanol–water partition coefficient (Wildman–Crippen LogP) is 8.21. The number of piperazine rings is 1. The number of likely N-dealkylation sites (tertiary alicyclic amines) is 1. The summed E-state index contributed by atoms with van der Waals surface area (Å²) < 4.78 is 47.1. The summed E-state index contributed by atoms with van der Waals surface area (Å²) in [5.74, 6) is -0.942. The Labute approximate surface area is 381 Å². The van der Waals surface area contributed by atoms with E-state index in [0.717, 1.165) is 80.2 Å². The average molecular weight is 924 g/mol. The molecule has 1 amide bonds. The van der Waals surface area contributed by atoms with Crippen LogP contribution in [0.1, 0.15) is 61.9 Å². The lowest BCUT2D eigenvalue weighted by Crippen LogP contribution is -2.47. The number of pyridine rings is 1. The Balaban J connectivity index is 0.972. The van der Waals surface area contributed by atoms with Gasteiger partial charge in [-0.1, -0.05) is 43.2 Å². The molecule has 3 aliphatic rings. The number of aromatic nitrogens is 4. The zero-order valence-electron chi connectivity index (χ0n) is 36.6. The number of piperidine rings is 1. The Morgan fingerprint density at radius 3 is 2.46 bits per heavy atom. The van der Waals surface area contributed by atoms with Crippen molar-refractivity contribution in [1.82, 2.24) is 34.3 Å². The molecule has 2 aliphatic heterocycles. The molecule has 340 valence electrons. The molecule has 3 aromatic heterocycles. The number of carbonyl (C=O) groups excluding carboxylic acids is 1. The average Bonchev–Trinajstić information content (AvgIpc) is 3.93. The number of H-pyrrole nitrogens is 1. The SMILES string of the molecule is CN1CCC(F)(CNc2ccc(S(=O)(=O)NC(=O)c3ccc(N4CCN(CC5=C(c6ccc(Cl)cc6)CC(C)(C)CC5)CC4)cc3-n3[nH]cc4nc5nccc5cc43)cc2[N+](=O)[O-])CC1. The summed E-state index contributed by atoms with van der Waals surface area (Å²) in [7, 11) is -2.73. The number of hydrogen-bond acceptors (Lipinski definition) is 11. The van der Waals surface area contributed by atoms with Crippen molar-refractivity contribution in [3.8, 4) is 5.69 Å². The zero-order valence-corrected chi connectivity index (χ0v) is 38.2. The maximum atomic E-state index is 15.5. The number of nitro groups is 1. The molecule has 0 spiro atoms. The highest BCUT2D eigenvalue weighted by Gasteiger charge is 2.35. The lowest BCUT2D eigenvalue weighted by atomic mass is 9.72. The molecular formula is C47H52ClFN10O5S.